The summed E-state index contributed by atoms with van der Waals surface area (Å²) in [7, 11) is 0. The first kappa shape index (κ1) is 22.5. The van der Waals surface area contributed by atoms with Gasteiger partial charge in [0, 0.05) is 37.4 Å². The van der Waals surface area contributed by atoms with Crippen LogP contribution in [-0.2, 0) is 24.2 Å². The number of carbonyl (C=O) groups excluding carboxylic acids is 1. The highest BCUT2D eigenvalue weighted by Gasteiger charge is 2.22. The first-order valence-electron chi connectivity index (χ1n) is 11.5. The van der Waals surface area contributed by atoms with E-state index in [4.69, 9.17) is 0 Å². The highest BCUT2D eigenvalue weighted by atomic mass is 16.2. The highest BCUT2D eigenvalue weighted by molar-refractivity contribution is 5.79. The van der Waals surface area contributed by atoms with Crippen molar-refractivity contribution in [1.82, 2.24) is 19.6 Å². The van der Waals surface area contributed by atoms with Gasteiger partial charge in [0.15, 0.2) is 0 Å². The summed E-state index contributed by atoms with van der Waals surface area (Å²) in [5.74, 6) is 0.793. The van der Waals surface area contributed by atoms with Gasteiger partial charge in [-0.2, -0.15) is 5.10 Å². The molecule has 1 amide bonds. The average molecular weight is 411 g/mol. The molecule has 1 saturated heterocycles. The molecular weight excluding hydrogens is 372 g/mol. The minimum Gasteiger partial charge on any atom is -0.341 e. The standard InChI is InChI=1S/C25H38N4O/c1-20(2)19-29-22(4)24(21(3)26-29)18-25(30)28-15-9-14-27(16-17-28)13-8-12-23-10-6-5-7-11-23/h5-7,10-11,20H,8-9,12-19H2,1-4H3. The van der Waals surface area contributed by atoms with Gasteiger partial charge in [-0.3, -0.25) is 9.48 Å². The predicted octanol–water partition coefficient (Wildman–Crippen LogP) is 3.87. The maximum atomic E-state index is 13.0. The molecule has 0 atom stereocenters. The second-order valence-corrected chi connectivity index (χ2v) is 9.07. The van der Waals surface area contributed by atoms with Crippen LogP contribution in [0, 0.1) is 19.8 Å². The van der Waals surface area contributed by atoms with Crippen molar-refractivity contribution in [3.8, 4) is 0 Å². The monoisotopic (exact) mass is 410 g/mol. The number of benzene rings is 1. The van der Waals surface area contributed by atoms with Crippen LogP contribution in [0.2, 0.25) is 0 Å². The second kappa shape index (κ2) is 10.8. The van der Waals surface area contributed by atoms with Crippen LogP contribution in [-0.4, -0.2) is 58.2 Å². The lowest BCUT2D eigenvalue weighted by atomic mass is 10.1. The van der Waals surface area contributed by atoms with Gasteiger partial charge in [0.05, 0.1) is 12.1 Å². The number of amides is 1. The van der Waals surface area contributed by atoms with Crippen LogP contribution in [0.15, 0.2) is 30.3 Å². The molecule has 2 aromatic rings. The third kappa shape index (κ3) is 6.18. The maximum absolute atomic E-state index is 13.0. The lowest BCUT2D eigenvalue weighted by Gasteiger charge is -2.22. The smallest absolute Gasteiger partial charge is 0.227 e. The summed E-state index contributed by atoms with van der Waals surface area (Å²) >= 11 is 0. The normalized spacial score (nSPS) is 15.6. The Morgan fingerprint density at radius 2 is 1.83 bits per heavy atom. The van der Waals surface area contributed by atoms with Gasteiger partial charge in [-0.15, -0.1) is 0 Å². The second-order valence-electron chi connectivity index (χ2n) is 9.07. The van der Waals surface area contributed by atoms with Crippen LogP contribution in [0.25, 0.3) is 0 Å². The Bertz CT molecular complexity index is 812. The molecule has 5 nitrogen and oxygen atoms in total. The van der Waals surface area contributed by atoms with E-state index in [2.05, 4.69) is 70.7 Å². The van der Waals surface area contributed by atoms with Crippen LogP contribution in [0.1, 0.15) is 49.2 Å². The molecular formula is C25H38N4O. The van der Waals surface area contributed by atoms with Crippen LogP contribution >= 0.6 is 0 Å². The summed E-state index contributed by atoms with van der Waals surface area (Å²) in [5.41, 5.74) is 4.67. The molecule has 0 bridgehead atoms. The SMILES string of the molecule is Cc1nn(CC(C)C)c(C)c1CC(=O)N1CCCN(CCCc2ccccc2)CC1. The fraction of sp³-hybridized carbons (Fsp3) is 0.600. The van der Waals surface area contributed by atoms with Gasteiger partial charge < -0.3 is 9.80 Å². The van der Waals surface area contributed by atoms with E-state index in [-0.39, 0.29) is 5.91 Å². The third-order valence-corrected chi connectivity index (χ3v) is 6.12. The topological polar surface area (TPSA) is 41.4 Å². The first-order chi connectivity index (χ1) is 14.4. The van der Waals surface area contributed by atoms with Crippen LogP contribution in [0.5, 0.6) is 0 Å². The summed E-state index contributed by atoms with van der Waals surface area (Å²) in [5, 5.41) is 4.68. The number of aryl methyl sites for hydroxylation is 2. The van der Waals surface area contributed by atoms with Crippen molar-refractivity contribution in [3.05, 3.63) is 52.8 Å². The molecule has 0 N–H and O–H groups in total. The quantitative estimate of drug-likeness (QED) is 0.663. The van der Waals surface area contributed by atoms with E-state index in [0.29, 0.717) is 12.3 Å². The number of nitrogens with zero attached hydrogens (tertiary/aromatic N) is 4. The van der Waals surface area contributed by atoms with Crippen molar-refractivity contribution in [2.45, 2.75) is 59.9 Å². The van der Waals surface area contributed by atoms with Crippen molar-refractivity contribution in [3.63, 3.8) is 0 Å². The summed E-state index contributed by atoms with van der Waals surface area (Å²) in [6, 6.07) is 10.7. The zero-order valence-corrected chi connectivity index (χ0v) is 19.2. The van der Waals surface area contributed by atoms with Crippen LogP contribution in [0.4, 0.5) is 0 Å². The average Bonchev–Trinajstić information content (AvgIpc) is 2.89. The van der Waals surface area contributed by atoms with Gasteiger partial charge >= 0.3 is 0 Å². The Hall–Kier alpha value is -2.14. The van der Waals surface area contributed by atoms with E-state index in [1.165, 1.54) is 12.0 Å². The van der Waals surface area contributed by atoms with Gasteiger partial charge in [-0.05, 0) is 57.7 Å². The lowest BCUT2D eigenvalue weighted by molar-refractivity contribution is -0.130. The zero-order chi connectivity index (χ0) is 21.5. The van der Waals surface area contributed by atoms with E-state index in [1.807, 2.05) is 6.92 Å². The van der Waals surface area contributed by atoms with Gasteiger partial charge in [-0.1, -0.05) is 44.2 Å². The Morgan fingerprint density at radius 3 is 2.57 bits per heavy atom. The molecule has 1 aromatic heterocycles. The maximum Gasteiger partial charge on any atom is 0.227 e. The van der Waals surface area contributed by atoms with Crippen molar-refractivity contribution in [2.24, 2.45) is 5.92 Å². The van der Waals surface area contributed by atoms with Gasteiger partial charge in [0.25, 0.3) is 0 Å². The summed E-state index contributed by atoms with van der Waals surface area (Å²) in [4.78, 5) is 17.6. The molecule has 0 saturated carbocycles. The molecule has 0 radical (unpaired) electrons. The van der Waals surface area contributed by atoms with Crippen molar-refractivity contribution in [2.75, 3.05) is 32.7 Å². The van der Waals surface area contributed by atoms with E-state index >= 15 is 0 Å². The largest absolute Gasteiger partial charge is 0.341 e. The van der Waals surface area contributed by atoms with E-state index < -0.39 is 0 Å². The van der Waals surface area contributed by atoms with E-state index in [1.54, 1.807) is 0 Å². The van der Waals surface area contributed by atoms with Crippen molar-refractivity contribution >= 4 is 5.91 Å². The molecule has 0 unspecified atom stereocenters. The number of rotatable bonds is 8. The van der Waals surface area contributed by atoms with Gasteiger partial charge in [0.2, 0.25) is 5.91 Å². The van der Waals surface area contributed by atoms with Crippen molar-refractivity contribution in [1.29, 1.82) is 0 Å². The Kier molecular flexibility index (Phi) is 8.08. The fourth-order valence-corrected chi connectivity index (χ4v) is 4.37. The molecule has 0 spiro atoms. The van der Waals surface area contributed by atoms with Crippen molar-refractivity contribution < 1.29 is 4.79 Å². The number of carbonyl (C=O) groups is 1. The number of aromatic nitrogens is 2. The molecule has 2 heterocycles. The van der Waals surface area contributed by atoms with E-state index in [9.17, 15) is 4.79 Å². The molecule has 3 rings (SSSR count). The minimum absolute atomic E-state index is 0.247. The van der Waals surface area contributed by atoms with E-state index in [0.717, 1.165) is 69.1 Å². The van der Waals surface area contributed by atoms with Gasteiger partial charge in [0.1, 0.15) is 0 Å². The summed E-state index contributed by atoms with van der Waals surface area (Å²) in [6.07, 6.45) is 3.83. The third-order valence-electron chi connectivity index (χ3n) is 6.12. The summed E-state index contributed by atoms with van der Waals surface area (Å²) in [6.45, 7) is 14.3. The van der Waals surface area contributed by atoms with Gasteiger partial charge in [-0.25, -0.2) is 0 Å². The molecule has 1 aromatic carbocycles. The molecule has 1 aliphatic heterocycles. The minimum atomic E-state index is 0.247. The number of hydrogen-bond acceptors (Lipinski definition) is 3. The Labute approximate surface area is 182 Å². The molecule has 1 aliphatic rings. The Morgan fingerprint density at radius 1 is 1.07 bits per heavy atom. The molecule has 0 aliphatic carbocycles. The lowest BCUT2D eigenvalue weighted by Crippen LogP contribution is -2.36. The highest BCUT2D eigenvalue weighted by Crippen LogP contribution is 2.17. The molecule has 164 valence electrons. The Balaban J connectivity index is 1.49. The summed E-state index contributed by atoms with van der Waals surface area (Å²) < 4.78 is 2.07. The molecule has 1 fully saturated rings. The fourth-order valence-electron chi connectivity index (χ4n) is 4.37. The van der Waals surface area contributed by atoms with Crippen LogP contribution in [0.3, 0.4) is 0 Å². The number of hydrogen-bond donors (Lipinski definition) is 0. The predicted molar refractivity (Wildman–Crippen MR) is 123 cm³/mol. The molecule has 30 heavy (non-hydrogen) atoms. The molecule has 5 heteroatoms. The van der Waals surface area contributed by atoms with Crippen LogP contribution < -0.4 is 0 Å². The zero-order valence-electron chi connectivity index (χ0n) is 19.2. The first-order valence-corrected chi connectivity index (χ1v) is 11.5.